The molecule has 3 nitrogen and oxygen atoms in total. The van der Waals surface area contributed by atoms with Gasteiger partial charge in [0, 0.05) is 31.0 Å². The summed E-state index contributed by atoms with van der Waals surface area (Å²) >= 11 is 6.20. The van der Waals surface area contributed by atoms with Gasteiger partial charge in [-0.15, -0.1) is 0 Å². The van der Waals surface area contributed by atoms with Gasteiger partial charge in [-0.1, -0.05) is 23.7 Å². The van der Waals surface area contributed by atoms with Crippen molar-refractivity contribution in [2.75, 3.05) is 11.9 Å². The first-order chi connectivity index (χ1) is 8.16. The average molecular weight is 248 g/mol. The third-order valence-corrected chi connectivity index (χ3v) is 2.91. The van der Waals surface area contributed by atoms with Crippen LogP contribution < -0.4 is 4.90 Å². The van der Waals surface area contributed by atoms with Gasteiger partial charge in [0.05, 0.1) is 6.20 Å². The Kier molecular flexibility index (Phi) is 3.59. The summed E-state index contributed by atoms with van der Waals surface area (Å²) in [7, 11) is 1.97. The molecule has 88 valence electrons. The molecule has 1 aromatic carbocycles. The molecule has 2 aromatic rings. The molecule has 0 aliphatic heterocycles. The van der Waals surface area contributed by atoms with E-state index < -0.39 is 0 Å². The molecule has 0 N–H and O–H groups in total. The second-order valence-electron chi connectivity index (χ2n) is 4.01. The van der Waals surface area contributed by atoms with Crippen LogP contribution in [0.4, 0.5) is 5.82 Å². The van der Waals surface area contributed by atoms with Crippen molar-refractivity contribution in [3.05, 3.63) is 52.9 Å². The van der Waals surface area contributed by atoms with Crippen LogP contribution in [0.2, 0.25) is 5.02 Å². The van der Waals surface area contributed by atoms with Crippen molar-refractivity contribution < 1.29 is 0 Å². The molecule has 0 amide bonds. The van der Waals surface area contributed by atoms with Gasteiger partial charge in [0.15, 0.2) is 0 Å². The molecule has 1 heterocycles. The highest BCUT2D eigenvalue weighted by atomic mass is 35.5. The Balaban J connectivity index is 2.16. The Bertz CT molecular complexity index is 499. The molecule has 0 aliphatic carbocycles. The molecular weight excluding hydrogens is 234 g/mol. The Morgan fingerprint density at radius 1 is 1.29 bits per heavy atom. The summed E-state index contributed by atoms with van der Waals surface area (Å²) in [5.74, 6) is 0.837. The van der Waals surface area contributed by atoms with E-state index in [4.69, 9.17) is 11.6 Å². The van der Waals surface area contributed by atoms with Crippen LogP contribution in [0.15, 0.2) is 36.8 Å². The van der Waals surface area contributed by atoms with Gasteiger partial charge in [-0.25, -0.2) is 4.98 Å². The first kappa shape index (κ1) is 11.9. The molecule has 0 saturated carbocycles. The summed E-state index contributed by atoms with van der Waals surface area (Å²) in [6.45, 7) is 2.75. The first-order valence-corrected chi connectivity index (χ1v) is 5.77. The smallest absolute Gasteiger partial charge is 0.147 e. The fourth-order valence-corrected chi connectivity index (χ4v) is 1.90. The van der Waals surface area contributed by atoms with Crippen LogP contribution in [0.5, 0.6) is 0 Å². The van der Waals surface area contributed by atoms with Gasteiger partial charge in [0.1, 0.15) is 5.82 Å². The molecule has 0 spiro atoms. The highest BCUT2D eigenvalue weighted by Crippen LogP contribution is 2.20. The van der Waals surface area contributed by atoms with E-state index in [-0.39, 0.29) is 0 Å². The predicted octanol–water partition coefficient (Wildman–Crippen LogP) is 3.07. The molecule has 0 aliphatic rings. The van der Waals surface area contributed by atoms with Crippen molar-refractivity contribution in [2.24, 2.45) is 0 Å². The Morgan fingerprint density at radius 3 is 2.76 bits per heavy atom. The van der Waals surface area contributed by atoms with Crippen molar-refractivity contribution in [1.82, 2.24) is 9.97 Å². The maximum absolute atomic E-state index is 6.20. The minimum atomic E-state index is 0.720. The molecule has 2 rings (SSSR count). The molecule has 0 radical (unpaired) electrons. The van der Waals surface area contributed by atoms with Crippen LogP contribution >= 0.6 is 11.6 Å². The summed E-state index contributed by atoms with van der Waals surface area (Å²) in [6.07, 6.45) is 5.08. The van der Waals surface area contributed by atoms with Crippen LogP contribution in [0.3, 0.4) is 0 Å². The number of hydrogen-bond acceptors (Lipinski definition) is 3. The van der Waals surface area contributed by atoms with Gasteiger partial charge in [0.25, 0.3) is 0 Å². The molecule has 4 heteroatoms. The summed E-state index contributed by atoms with van der Waals surface area (Å²) in [5.41, 5.74) is 2.26. The largest absolute Gasteiger partial charge is 0.354 e. The number of anilines is 1. The number of halogens is 1. The van der Waals surface area contributed by atoms with E-state index in [9.17, 15) is 0 Å². The second-order valence-corrected chi connectivity index (χ2v) is 4.42. The van der Waals surface area contributed by atoms with E-state index in [1.165, 1.54) is 5.56 Å². The lowest BCUT2D eigenvalue weighted by Crippen LogP contribution is -2.17. The highest BCUT2D eigenvalue weighted by molar-refractivity contribution is 6.31. The molecule has 0 bridgehead atoms. The van der Waals surface area contributed by atoms with Gasteiger partial charge in [-0.05, 0) is 24.1 Å². The monoisotopic (exact) mass is 247 g/mol. The minimum Gasteiger partial charge on any atom is -0.354 e. The molecule has 0 atom stereocenters. The van der Waals surface area contributed by atoms with E-state index in [2.05, 4.69) is 16.0 Å². The summed E-state index contributed by atoms with van der Waals surface area (Å²) < 4.78 is 0. The fraction of sp³-hybridized carbons (Fsp3) is 0.231. The van der Waals surface area contributed by atoms with Gasteiger partial charge >= 0.3 is 0 Å². The lowest BCUT2D eigenvalue weighted by molar-refractivity contribution is 0.889. The number of nitrogens with zero attached hydrogens (tertiary/aromatic N) is 3. The van der Waals surface area contributed by atoms with E-state index in [0.717, 1.165) is 22.9 Å². The number of benzene rings is 1. The van der Waals surface area contributed by atoms with Gasteiger partial charge in [0.2, 0.25) is 0 Å². The van der Waals surface area contributed by atoms with Crippen LogP contribution in [0, 0.1) is 6.92 Å². The summed E-state index contributed by atoms with van der Waals surface area (Å²) in [4.78, 5) is 10.3. The molecule has 0 unspecified atom stereocenters. The summed E-state index contributed by atoms with van der Waals surface area (Å²) in [5, 5.41) is 0.792. The van der Waals surface area contributed by atoms with Gasteiger partial charge in [-0.3, -0.25) is 4.98 Å². The number of hydrogen-bond donors (Lipinski definition) is 0. The van der Waals surface area contributed by atoms with E-state index in [0.29, 0.717) is 0 Å². The topological polar surface area (TPSA) is 29.0 Å². The van der Waals surface area contributed by atoms with Crippen LogP contribution in [-0.2, 0) is 6.54 Å². The lowest BCUT2D eigenvalue weighted by atomic mass is 10.1. The number of aromatic nitrogens is 2. The number of aryl methyl sites for hydroxylation is 1. The van der Waals surface area contributed by atoms with Gasteiger partial charge in [-0.2, -0.15) is 0 Å². The Hall–Kier alpha value is -1.61. The minimum absolute atomic E-state index is 0.720. The Morgan fingerprint density at radius 2 is 2.12 bits per heavy atom. The van der Waals surface area contributed by atoms with Crippen LogP contribution in [0.25, 0.3) is 0 Å². The van der Waals surface area contributed by atoms with E-state index >= 15 is 0 Å². The van der Waals surface area contributed by atoms with Crippen molar-refractivity contribution in [3.8, 4) is 0 Å². The van der Waals surface area contributed by atoms with E-state index in [1.54, 1.807) is 18.6 Å². The van der Waals surface area contributed by atoms with Gasteiger partial charge < -0.3 is 4.90 Å². The standard InChI is InChI=1S/C13H14ClN3/c1-10-3-4-11(12(14)7-10)9-17(2)13-8-15-5-6-16-13/h3-8H,9H2,1-2H3. The first-order valence-electron chi connectivity index (χ1n) is 5.39. The normalized spacial score (nSPS) is 10.3. The van der Waals surface area contributed by atoms with Crippen LogP contribution in [0.1, 0.15) is 11.1 Å². The molecule has 1 aromatic heterocycles. The molecule has 0 saturated heterocycles. The Labute approximate surface area is 106 Å². The maximum atomic E-state index is 6.20. The van der Waals surface area contributed by atoms with Crippen molar-refractivity contribution in [3.63, 3.8) is 0 Å². The maximum Gasteiger partial charge on any atom is 0.147 e. The predicted molar refractivity (Wildman–Crippen MR) is 70.3 cm³/mol. The van der Waals surface area contributed by atoms with E-state index in [1.807, 2.05) is 31.0 Å². The molecule has 17 heavy (non-hydrogen) atoms. The molecule has 0 fully saturated rings. The molecular formula is C13H14ClN3. The third kappa shape index (κ3) is 2.94. The third-order valence-electron chi connectivity index (χ3n) is 2.56. The highest BCUT2D eigenvalue weighted by Gasteiger charge is 2.06. The fourth-order valence-electron chi connectivity index (χ4n) is 1.61. The summed E-state index contributed by atoms with van der Waals surface area (Å²) in [6, 6.07) is 6.08. The quantitative estimate of drug-likeness (QED) is 0.835. The zero-order valence-corrected chi connectivity index (χ0v) is 10.6. The van der Waals surface area contributed by atoms with Crippen molar-refractivity contribution in [2.45, 2.75) is 13.5 Å². The number of rotatable bonds is 3. The zero-order valence-electron chi connectivity index (χ0n) is 9.89. The van der Waals surface area contributed by atoms with Crippen molar-refractivity contribution >= 4 is 17.4 Å². The SMILES string of the molecule is Cc1ccc(CN(C)c2cnccn2)c(Cl)c1. The second kappa shape index (κ2) is 5.15. The average Bonchev–Trinajstić information content (AvgIpc) is 2.34. The van der Waals surface area contributed by atoms with Crippen LogP contribution in [-0.4, -0.2) is 17.0 Å². The van der Waals surface area contributed by atoms with Crippen molar-refractivity contribution in [1.29, 1.82) is 0 Å². The zero-order chi connectivity index (χ0) is 12.3. The lowest BCUT2D eigenvalue weighted by Gasteiger charge is -2.18.